The lowest BCUT2D eigenvalue weighted by molar-refractivity contribution is -0.124. The number of rotatable bonds is 7. The van der Waals surface area contributed by atoms with Crippen molar-refractivity contribution in [3.8, 4) is 0 Å². The van der Waals surface area contributed by atoms with Crippen LogP contribution < -0.4 is 11.5 Å². The lowest BCUT2D eigenvalue weighted by Crippen LogP contribution is -2.33. The highest BCUT2D eigenvalue weighted by molar-refractivity contribution is 8.76. The first kappa shape index (κ1) is 17.3. The summed E-state index contributed by atoms with van der Waals surface area (Å²) >= 11 is 0. The Kier molecular flexibility index (Phi) is 9.39. The van der Waals surface area contributed by atoms with Gasteiger partial charge >= 0.3 is 0 Å². The van der Waals surface area contributed by atoms with Crippen LogP contribution in [0.15, 0.2) is 0 Å². The fourth-order valence-electron chi connectivity index (χ4n) is 0.461. The number of hydrogen-bond acceptors (Lipinski definition) is 4. The zero-order valence-corrected chi connectivity index (χ0v) is 11.3. The zero-order chi connectivity index (χ0) is 11.2. The molecule has 0 aliphatic heterocycles. The molecule has 0 heterocycles. The molecule has 0 saturated carbocycles. The van der Waals surface area contributed by atoms with E-state index >= 15 is 0 Å². The summed E-state index contributed by atoms with van der Waals surface area (Å²) in [6.45, 7) is 3.61. The van der Waals surface area contributed by atoms with E-state index in [0.29, 0.717) is 17.9 Å². The standard InChI is InChI=1S/C8H16N2O2S2.ClH/c1-8(2,7(10)12)5-14-13-4-3-6(9)11;/h3-5H2,1-2H3,(H2,9,11)(H2,10,12);1H. The second kappa shape index (κ2) is 8.13. The summed E-state index contributed by atoms with van der Waals surface area (Å²) in [6.07, 6.45) is 0.370. The van der Waals surface area contributed by atoms with Crippen LogP contribution in [0.25, 0.3) is 0 Å². The average molecular weight is 273 g/mol. The summed E-state index contributed by atoms with van der Waals surface area (Å²) < 4.78 is 0. The molecule has 0 aromatic rings. The van der Waals surface area contributed by atoms with E-state index in [1.165, 1.54) is 21.6 Å². The number of primary amides is 2. The van der Waals surface area contributed by atoms with E-state index in [1.54, 1.807) is 13.8 Å². The van der Waals surface area contributed by atoms with E-state index in [-0.39, 0.29) is 24.2 Å². The van der Waals surface area contributed by atoms with Gasteiger partial charge in [0.15, 0.2) is 0 Å². The van der Waals surface area contributed by atoms with Crippen molar-refractivity contribution in [2.75, 3.05) is 11.5 Å². The number of carbonyl (C=O) groups excluding carboxylic acids is 2. The lowest BCUT2D eigenvalue weighted by Gasteiger charge is -2.18. The minimum absolute atomic E-state index is 0. The van der Waals surface area contributed by atoms with Gasteiger partial charge in [0.05, 0.1) is 5.41 Å². The summed E-state index contributed by atoms with van der Waals surface area (Å²) in [5, 5.41) is 0. The van der Waals surface area contributed by atoms with Crippen LogP contribution >= 0.6 is 34.0 Å². The van der Waals surface area contributed by atoms with Crippen molar-refractivity contribution in [2.24, 2.45) is 16.9 Å². The molecule has 0 fully saturated rings. The van der Waals surface area contributed by atoms with Crippen LogP contribution in [0.2, 0.25) is 0 Å². The Morgan fingerprint density at radius 1 is 1.20 bits per heavy atom. The van der Waals surface area contributed by atoms with Gasteiger partial charge in [-0.2, -0.15) is 0 Å². The fraction of sp³-hybridized carbons (Fsp3) is 0.750. The van der Waals surface area contributed by atoms with Gasteiger partial charge in [0, 0.05) is 17.9 Å². The second-order valence-corrected chi connectivity index (χ2v) is 6.13. The topological polar surface area (TPSA) is 86.2 Å². The van der Waals surface area contributed by atoms with E-state index in [0.717, 1.165) is 0 Å². The maximum absolute atomic E-state index is 10.9. The molecule has 0 aromatic carbocycles. The molecule has 0 aliphatic carbocycles. The largest absolute Gasteiger partial charge is 0.370 e. The molecule has 0 atom stereocenters. The molecule has 0 unspecified atom stereocenters. The van der Waals surface area contributed by atoms with Crippen LogP contribution in [0, 0.1) is 5.41 Å². The van der Waals surface area contributed by atoms with Crippen LogP contribution in [0.3, 0.4) is 0 Å². The van der Waals surface area contributed by atoms with E-state index in [2.05, 4.69) is 0 Å². The number of nitrogens with two attached hydrogens (primary N) is 2. The van der Waals surface area contributed by atoms with Crippen molar-refractivity contribution < 1.29 is 9.59 Å². The fourth-order valence-corrected chi connectivity index (χ4v) is 3.12. The molecule has 4 nitrogen and oxygen atoms in total. The van der Waals surface area contributed by atoms with Crippen molar-refractivity contribution in [3.63, 3.8) is 0 Å². The minimum atomic E-state index is -0.496. The second-order valence-electron chi connectivity index (χ2n) is 3.55. The van der Waals surface area contributed by atoms with Gasteiger partial charge in [-0.3, -0.25) is 9.59 Å². The van der Waals surface area contributed by atoms with Crippen molar-refractivity contribution in [1.82, 2.24) is 0 Å². The zero-order valence-electron chi connectivity index (χ0n) is 8.82. The summed E-state index contributed by atoms with van der Waals surface area (Å²) in [5.41, 5.74) is 9.67. The Labute approximate surface area is 104 Å². The van der Waals surface area contributed by atoms with Crippen LogP contribution in [0.4, 0.5) is 0 Å². The lowest BCUT2D eigenvalue weighted by atomic mass is 9.96. The molecule has 15 heavy (non-hydrogen) atoms. The molecule has 4 N–H and O–H groups in total. The van der Waals surface area contributed by atoms with Crippen LogP contribution in [0.1, 0.15) is 20.3 Å². The highest BCUT2D eigenvalue weighted by atomic mass is 35.5. The molecule has 90 valence electrons. The Morgan fingerprint density at radius 2 is 1.73 bits per heavy atom. The van der Waals surface area contributed by atoms with Crippen molar-refractivity contribution in [3.05, 3.63) is 0 Å². The molecule has 2 amide bonds. The maximum atomic E-state index is 10.9. The monoisotopic (exact) mass is 272 g/mol. The van der Waals surface area contributed by atoms with Crippen LogP contribution in [-0.2, 0) is 9.59 Å². The summed E-state index contributed by atoms with van der Waals surface area (Å²) in [6, 6.07) is 0. The van der Waals surface area contributed by atoms with Crippen molar-refractivity contribution >= 4 is 45.8 Å². The third-order valence-electron chi connectivity index (χ3n) is 1.60. The number of amides is 2. The predicted molar refractivity (Wildman–Crippen MR) is 69.0 cm³/mol. The van der Waals surface area contributed by atoms with Crippen molar-refractivity contribution in [1.29, 1.82) is 0 Å². The average Bonchev–Trinajstić information content (AvgIpc) is 2.02. The SMILES string of the molecule is CC(C)(CSSCCC(N)=O)C(N)=O.Cl. The van der Waals surface area contributed by atoms with E-state index in [1.807, 2.05) is 0 Å². The quantitative estimate of drug-likeness (QED) is 0.538. The smallest absolute Gasteiger partial charge is 0.223 e. The van der Waals surface area contributed by atoms with Gasteiger partial charge in [0.25, 0.3) is 0 Å². The van der Waals surface area contributed by atoms with Gasteiger partial charge in [-0.15, -0.1) is 12.4 Å². The predicted octanol–water partition coefficient (Wildman–Crippen LogP) is 1.18. The highest BCUT2D eigenvalue weighted by Gasteiger charge is 2.24. The van der Waals surface area contributed by atoms with E-state index in [9.17, 15) is 9.59 Å². The van der Waals surface area contributed by atoms with Gasteiger partial charge in [-0.05, 0) is 0 Å². The normalized spacial score (nSPS) is 10.5. The van der Waals surface area contributed by atoms with E-state index in [4.69, 9.17) is 11.5 Å². The van der Waals surface area contributed by atoms with Gasteiger partial charge in [0.2, 0.25) is 11.8 Å². The van der Waals surface area contributed by atoms with Gasteiger partial charge in [-0.25, -0.2) is 0 Å². The van der Waals surface area contributed by atoms with Crippen molar-refractivity contribution in [2.45, 2.75) is 20.3 Å². The molecular weight excluding hydrogens is 256 g/mol. The molecule has 0 bridgehead atoms. The van der Waals surface area contributed by atoms with Gasteiger partial charge in [0.1, 0.15) is 0 Å². The molecule has 0 spiro atoms. The molecule has 0 saturated heterocycles. The number of halogens is 1. The first-order valence-corrected chi connectivity index (χ1v) is 6.67. The maximum Gasteiger partial charge on any atom is 0.223 e. The minimum Gasteiger partial charge on any atom is -0.370 e. The molecule has 0 rings (SSSR count). The summed E-state index contributed by atoms with van der Waals surface area (Å²) in [4.78, 5) is 21.3. The summed E-state index contributed by atoms with van der Waals surface area (Å²) in [5.74, 6) is 0.716. The third-order valence-corrected chi connectivity index (χ3v) is 4.33. The molecular formula is C8H17ClN2O2S2. The first-order valence-electron chi connectivity index (χ1n) is 4.19. The first-order chi connectivity index (χ1) is 6.36. The van der Waals surface area contributed by atoms with E-state index < -0.39 is 5.41 Å². The summed E-state index contributed by atoms with van der Waals surface area (Å²) in [7, 11) is 3.07. The molecule has 0 radical (unpaired) electrons. The highest BCUT2D eigenvalue weighted by Crippen LogP contribution is 2.30. The molecule has 0 aromatic heterocycles. The molecule has 0 aliphatic rings. The Bertz CT molecular complexity index is 225. The Morgan fingerprint density at radius 3 is 2.13 bits per heavy atom. The van der Waals surface area contributed by atoms with Crippen LogP contribution in [0.5, 0.6) is 0 Å². The number of carbonyl (C=O) groups is 2. The van der Waals surface area contributed by atoms with Gasteiger partial charge in [-0.1, -0.05) is 35.4 Å². The Balaban J connectivity index is 0. The third kappa shape index (κ3) is 8.89. The number of hydrogen-bond donors (Lipinski definition) is 2. The van der Waals surface area contributed by atoms with Gasteiger partial charge < -0.3 is 11.5 Å². The van der Waals surface area contributed by atoms with Crippen LogP contribution in [-0.4, -0.2) is 23.3 Å². The Hall–Kier alpha value is -0.0700. The molecule has 7 heteroatoms.